The zero-order chi connectivity index (χ0) is 19.5. The summed E-state index contributed by atoms with van der Waals surface area (Å²) in [5, 5.41) is 8.96. The van der Waals surface area contributed by atoms with E-state index < -0.39 is 0 Å². The van der Waals surface area contributed by atoms with E-state index in [2.05, 4.69) is 15.2 Å². The third kappa shape index (κ3) is 3.79. The molecule has 4 rings (SSSR count). The highest BCUT2D eigenvalue weighted by Crippen LogP contribution is 2.22. The highest BCUT2D eigenvalue weighted by Gasteiger charge is 2.13. The molecule has 0 atom stereocenters. The maximum absolute atomic E-state index is 12.2. The zero-order valence-electron chi connectivity index (χ0n) is 14.9. The van der Waals surface area contributed by atoms with Crippen molar-refractivity contribution in [2.45, 2.75) is 6.54 Å². The second kappa shape index (κ2) is 7.66. The lowest BCUT2D eigenvalue weighted by Crippen LogP contribution is -2.22. The number of hydrogen-bond acceptors (Lipinski definition) is 6. The molecule has 28 heavy (non-hydrogen) atoms. The first kappa shape index (κ1) is 17.9. The van der Waals surface area contributed by atoms with E-state index in [-0.39, 0.29) is 11.4 Å². The highest BCUT2D eigenvalue weighted by molar-refractivity contribution is 6.30. The van der Waals surface area contributed by atoms with Crippen molar-refractivity contribution in [1.82, 2.24) is 19.9 Å². The average Bonchev–Trinajstić information content (AvgIpc) is 3.20. The standard InChI is InChI=1S/C20H15ClN4O3/c1-27-16-4-2-3-13(11-16)12-25-18(26)10-9-17(23-25)20-22-19(24-28-20)14-5-7-15(21)8-6-14/h2-11H,12H2,1H3. The minimum atomic E-state index is -0.232. The zero-order valence-corrected chi connectivity index (χ0v) is 15.6. The second-order valence-electron chi connectivity index (χ2n) is 6.00. The summed E-state index contributed by atoms with van der Waals surface area (Å²) in [5.74, 6) is 1.36. The van der Waals surface area contributed by atoms with Crippen LogP contribution in [0.4, 0.5) is 0 Å². The monoisotopic (exact) mass is 394 g/mol. The Hall–Kier alpha value is -3.45. The Bertz CT molecular complexity index is 1170. The van der Waals surface area contributed by atoms with Crippen LogP contribution in [0, 0.1) is 0 Å². The van der Waals surface area contributed by atoms with Gasteiger partial charge in [-0.05, 0) is 48.0 Å². The summed E-state index contributed by atoms with van der Waals surface area (Å²) in [5.41, 5.74) is 1.84. The minimum absolute atomic E-state index is 0.226. The van der Waals surface area contributed by atoms with E-state index in [0.29, 0.717) is 28.8 Å². The molecule has 0 fully saturated rings. The van der Waals surface area contributed by atoms with Crippen LogP contribution in [0.3, 0.4) is 0 Å². The molecule has 4 aromatic rings. The second-order valence-corrected chi connectivity index (χ2v) is 6.43. The molecule has 0 aliphatic rings. The van der Waals surface area contributed by atoms with Crippen molar-refractivity contribution in [2.24, 2.45) is 0 Å². The van der Waals surface area contributed by atoms with Gasteiger partial charge >= 0.3 is 0 Å². The molecule has 0 saturated carbocycles. The number of aromatic nitrogens is 4. The van der Waals surface area contributed by atoms with E-state index >= 15 is 0 Å². The maximum Gasteiger partial charge on any atom is 0.278 e. The topological polar surface area (TPSA) is 83.0 Å². The van der Waals surface area contributed by atoms with E-state index in [1.807, 2.05) is 24.3 Å². The van der Waals surface area contributed by atoms with Gasteiger partial charge in [0.05, 0.1) is 13.7 Å². The predicted octanol–water partition coefficient (Wildman–Crippen LogP) is 3.67. The third-order valence-corrected chi connectivity index (χ3v) is 4.33. The lowest BCUT2D eigenvalue weighted by atomic mass is 10.2. The summed E-state index contributed by atoms with van der Waals surface area (Å²) in [7, 11) is 1.60. The molecule has 0 aliphatic heterocycles. The fraction of sp³-hybridized carbons (Fsp3) is 0.100. The minimum Gasteiger partial charge on any atom is -0.497 e. The van der Waals surface area contributed by atoms with Crippen LogP contribution in [0.5, 0.6) is 5.75 Å². The number of hydrogen-bond donors (Lipinski definition) is 0. The van der Waals surface area contributed by atoms with E-state index in [1.54, 1.807) is 37.4 Å². The van der Waals surface area contributed by atoms with Gasteiger partial charge in [-0.3, -0.25) is 4.79 Å². The molecule has 0 N–H and O–H groups in total. The van der Waals surface area contributed by atoms with Crippen LogP contribution in [0.1, 0.15) is 5.56 Å². The first-order chi connectivity index (χ1) is 13.6. The van der Waals surface area contributed by atoms with Crippen molar-refractivity contribution < 1.29 is 9.26 Å². The van der Waals surface area contributed by atoms with Gasteiger partial charge in [0.15, 0.2) is 0 Å². The average molecular weight is 395 g/mol. The first-order valence-corrected chi connectivity index (χ1v) is 8.81. The summed E-state index contributed by atoms with van der Waals surface area (Å²) in [6.45, 7) is 0.294. The lowest BCUT2D eigenvalue weighted by molar-refractivity contribution is 0.414. The molecule has 0 unspecified atom stereocenters. The molecule has 2 heterocycles. The molecule has 2 aromatic heterocycles. The summed E-state index contributed by atoms with van der Waals surface area (Å²) in [4.78, 5) is 16.6. The van der Waals surface area contributed by atoms with Crippen molar-refractivity contribution in [2.75, 3.05) is 7.11 Å². The SMILES string of the molecule is COc1cccc(Cn2nc(-c3nc(-c4ccc(Cl)cc4)no3)ccc2=O)c1. The Morgan fingerprint density at radius 1 is 1.11 bits per heavy atom. The molecular weight excluding hydrogens is 380 g/mol. The van der Waals surface area contributed by atoms with Gasteiger partial charge in [-0.25, -0.2) is 4.68 Å². The molecule has 0 bridgehead atoms. The number of ether oxygens (including phenoxy) is 1. The Kier molecular flexibility index (Phi) is 4.90. The number of benzene rings is 2. The van der Waals surface area contributed by atoms with E-state index in [9.17, 15) is 4.79 Å². The smallest absolute Gasteiger partial charge is 0.278 e. The van der Waals surface area contributed by atoms with Crippen LogP contribution in [-0.2, 0) is 6.54 Å². The molecule has 0 aliphatic carbocycles. The number of methoxy groups -OCH3 is 1. The van der Waals surface area contributed by atoms with Gasteiger partial charge < -0.3 is 9.26 Å². The van der Waals surface area contributed by atoms with E-state index in [4.69, 9.17) is 20.9 Å². The van der Waals surface area contributed by atoms with Crippen molar-refractivity contribution in [3.8, 4) is 28.7 Å². The molecule has 0 saturated heterocycles. The third-order valence-electron chi connectivity index (χ3n) is 4.08. The van der Waals surface area contributed by atoms with Crippen LogP contribution in [0.25, 0.3) is 23.0 Å². The quantitative estimate of drug-likeness (QED) is 0.513. The van der Waals surface area contributed by atoms with Crippen molar-refractivity contribution in [1.29, 1.82) is 0 Å². The molecule has 0 spiro atoms. The summed E-state index contributed by atoms with van der Waals surface area (Å²) < 4.78 is 11.9. The molecule has 140 valence electrons. The number of rotatable bonds is 5. The summed E-state index contributed by atoms with van der Waals surface area (Å²) >= 11 is 5.90. The van der Waals surface area contributed by atoms with E-state index in [0.717, 1.165) is 11.1 Å². The van der Waals surface area contributed by atoms with E-state index in [1.165, 1.54) is 10.7 Å². The Morgan fingerprint density at radius 3 is 2.71 bits per heavy atom. The van der Waals surface area contributed by atoms with Gasteiger partial charge in [0.25, 0.3) is 11.4 Å². The van der Waals surface area contributed by atoms with Crippen LogP contribution < -0.4 is 10.3 Å². The van der Waals surface area contributed by atoms with Crippen molar-refractivity contribution >= 4 is 11.6 Å². The molecule has 7 nitrogen and oxygen atoms in total. The van der Waals surface area contributed by atoms with Gasteiger partial charge in [0.1, 0.15) is 11.4 Å². The largest absolute Gasteiger partial charge is 0.497 e. The molecule has 0 radical (unpaired) electrons. The van der Waals surface area contributed by atoms with Crippen molar-refractivity contribution in [3.05, 3.63) is 81.6 Å². The van der Waals surface area contributed by atoms with Crippen LogP contribution in [-0.4, -0.2) is 27.0 Å². The van der Waals surface area contributed by atoms with Gasteiger partial charge in [0.2, 0.25) is 5.82 Å². The fourth-order valence-electron chi connectivity index (χ4n) is 2.66. The first-order valence-electron chi connectivity index (χ1n) is 8.43. The highest BCUT2D eigenvalue weighted by atomic mass is 35.5. The van der Waals surface area contributed by atoms with Gasteiger partial charge in [-0.15, -0.1) is 0 Å². The molecular formula is C20H15ClN4O3. The molecule has 0 amide bonds. The number of nitrogens with zero attached hydrogens (tertiary/aromatic N) is 4. The summed E-state index contributed by atoms with van der Waals surface area (Å²) in [6, 6.07) is 17.5. The lowest BCUT2D eigenvalue weighted by Gasteiger charge is -2.07. The van der Waals surface area contributed by atoms with Crippen molar-refractivity contribution in [3.63, 3.8) is 0 Å². The Balaban J connectivity index is 1.63. The van der Waals surface area contributed by atoms with Gasteiger partial charge in [0, 0.05) is 16.7 Å². The summed E-state index contributed by atoms with van der Waals surface area (Å²) in [6.07, 6.45) is 0. The predicted molar refractivity (Wildman–Crippen MR) is 104 cm³/mol. The Morgan fingerprint density at radius 2 is 1.93 bits per heavy atom. The van der Waals surface area contributed by atoms with Crippen LogP contribution in [0.2, 0.25) is 5.02 Å². The van der Waals surface area contributed by atoms with Crippen LogP contribution in [0.15, 0.2) is 70.0 Å². The fourth-order valence-corrected chi connectivity index (χ4v) is 2.79. The van der Waals surface area contributed by atoms with Gasteiger partial charge in [-0.1, -0.05) is 28.9 Å². The van der Waals surface area contributed by atoms with Crippen LogP contribution >= 0.6 is 11.6 Å². The normalized spacial score (nSPS) is 10.8. The Labute approximate surface area is 165 Å². The van der Waals surface area contributed by atoms with Gasteiger partial charge in [-0.2, -0.15) is 10.1 Å². The molecule has 2 aromatic carbocycles. The maximum atomic E-state index is 12.2. The molecule has 8 heteroatoms. The number of halogens is 1.